The van der Waals surface area contributed by atoms with Crippen molar-refractivity contribution in [2.75, 3.05) is 33.3 Å². The van der Waals surface area contributed by atoms with Crippen molar-refractivity contribution in [3.63, 3.8) is 0 Å². The van der Waals surface area contributed by atoms with Gasteiger partial charge in [-0.1, -0.05) is 31.9 Å². The Hall–Kier alpha value is -1.72. The maximum Gasteiger partial charge on any atom is 0.261 e. The van der Waals surface area contributed by atoms with Gasteiger partial charge >= 0.3 is 0 Å². The smallest absolute Gasteiger partial charge is 0.261 e. The van der Waals surface area contributed by atoms with Crippen molar-refractivity contribution in [3.05, 3.63) is 35.4 Å². The van der Waals surface area contributed by atoms with E-state index in [-0.39, 0.29) is 18.4 Å². The van der Waals surface area contributed by atoms with E-state index >= 15 is 0 Å². The number of benzene rings is 1. The molecule has 2 amide bonds. The molecule has 0 radical (unpaired) electrons. The predicted octanol–water partition coefficient (Wildman–Crippen LogP) is 2.79. The van der Waals surface area contributed by atoms with Crippen molar-refractivity contribution < 1.29 is 14.7 Å². The summed E-state index contributed by atoms with van der Waals surface area (Å²) in [7, 11) is 2.11. The van der Waals surface area contributed by atoms with Crippen LogP contribution in [0.2, 0.25) is 0 Å². The Balaban J connectivity index is 1.60. The first-order valence-corrected chi connectivity index (χ1v) is 9.29. The molecule has 5 heteroatoms. The Bertz CT molecular complexity index is 553. The average Bonchev–Trinajstić information content (AvgIpc) is 2.87. The van der Waals surface area contributed by atoms with E-state index in [1.807, 2.05) is 0 Å². The van der Waals surface area contributed by atoms with Crippen LogP contribution in [-0.2, 0) is 0 Å². The molecule has 25 heavy (non-hydrogen) atoms. The normalized spacial score (nSPS) is 15.1. The van der Waals surface area contributed by atoms with Crippen molar-refractivity contribution in [1.29, 1.82) is 0 Å². The lowest BCUT2D eigenvalue weighted by molar-refractivity contribution is 0.0651. The molecule has 0 aliphatic carbocycles. The molecule has 1 aliphatic rings. The SMILES string of the molecule is C[C@H](CO)CCN(C)CCCCCCN1C(=O)c2ccccc2C1=O. The van der Waals surface area contributed by atoms with Crippen LogP contribution in [0.3, 0.4) is 0 Å². The lowest BCUT2D eigenvalue weighted by Crippen LogP contribution is -2.30. The molecule has 0 aromatic heterocycles. The van der Waals surface area contributed by atoms with Gasteiger partial charge in [-0.05, 0) is 57.5 Å². The lowest BCUT2D eigenvalue weighted by atomic mass is 10.1. The van der Waals surface area contributed by atoms with E-state index < -0.39 is 0 Å². The standard InChI is InChI=1S/C20H30N2O3/c1-16(15-23)11-14-21(2)12-7-3-4-8-13-22-19(24)17-9-5-6-10-18(17)20(22)25/h5-6,9-10,16,23H,3-4,7-8,11-15H2,1-2H3/t16-/m0/s1. The number of fused-ring (bicyclic) bond motifs is 1. The maximum atomic E-state index is 12.2. The van der Waals surface area contributed by atoms with E-state index in [0.717, 1.165) is 45.2 Å². The summed E-state index contributed by atoms with van der Waals surface area (Å²) in [6, 6.07) is 7.04. The highest BCUT2D eigenvalue weighted by Gasteiger charge is 2.34. The number of imide groups is 1. The Labute approximate surface area is 150 Å². The summed E-state index contributed by atoms with van der Waals surface area (Å²) in [5.41, 5.74) is 1.07. The number of unbranched alkanes of at least 4 members (excludes halogenated alkanes) is 3. The molecule has 1 aromatic carbocycles. The van der Waals surface area contributed by atoms with Gasteiger partial charge in [0.15, 0.2) is 0 Å². The van der Waals surface area contributed by atoms with Crippen LogP contribution in [0.4, 0.5) is 0 Å². The highest BCUT2D eigenvalue weighted by atomic mass is 16.3. The van der Waals surface area contributed by atoms with Gasteiger partial charge in [-0.25, -0.2) is 0 Å². The molecule has 0 spiro atoms. The van der Waals surface area contributed by atoms with Crippen molar-refractivity contribution in [1.82, 2.24) is 9.80 Å². The van der Waals surface area contributed by atoms with Crippen LogP contribution >= 0.6 is 0 Å². The molecule has 1 heterocycles. The Morgan fingerprint density at radius 3 is 2.20 bits per heavy atom. The summed E-state index contributed by atoms with van der Waals surface area (Å²) < 4.78 is 0. The summed E-state index contributed by atoms with van der Waals surface area (Å²) in [6.07, 6.45) is 5.12. The molecular formula is C20H30N2O3. The Kier molecular flexibility index (Phi) is 7.59. The second kappa shape index (κ2) is 9.68. The number of hydrogen-bond acceptors (Lipinski definition) is 4. The van der Waals surface area contributed by atoms with E-state index in [4.69, 9.17) is 5.11 Å². The van der Waals surface area contributed by atoms with Gasteiger partial charge in [0.25, 0.3) is 11.8 Å². The highest BCUT2D eigenvalue weighted by Crippen LogP contribution is 2.22. The summed E-state index contributed by atoms with van der Waals surface area (Å²) in [5, 5.41) is 9.04. The van der Waals surface area contributed by atoms with Gasteiger partial charge in [0, 0.05) is 13.2 Å². The van der Waals surface area contributed by atoms with Crippen molar-refractivity contribution in [2.45, 2.75) is 39.0 Å². The number of amides is 2. The number of aliphatic hydroxyl groups excluding tert-OH is 1. The number of hydrogen-bond donors (Lipinski definition) is 1. The topological polar surface area (TPSA) is 60.9 Å². The summed E-state index contributed by atoms with van der Waals surface area (Å²) in [6.45, 7) is 4.89. The van der Waals surface area contributed by atoms with Gasteiger partial charge in [0.1, 0.15) is 0 Å². The van der Waals surface area contributed by atoms with E-state index in [2.05, 4.69) is 18.9 Å². The van der Waals surface area contributed by atoms with E-state index in [9.17, 15) is 9.59 Å². The number of nitrogens with zero attached hydrogens (tertiary/aromatic N) is 2. The molecular weight excluding hydrogens is 316 g/mol. The molecule has 1 aliphatic heterocycles. The first kappa shape index (κ1) is 19.6. The first-order valence-electron chi connectivity index (χ1n) is 9.29. The minimum Gasteiger partial charge on any atom is -0.396 e. The van der Waals surface area contributed by atoms with Crippen molar-refractivity contribution >= 4 is 11.8 Å². The van der Waals surface area contributed by atoms with Crippen LogP contribution in [0.25, 0.3) is 0 Å². The van der Waals surface area contributed by atoms with E-state index in [0.29, 0.717) is 23.6 Å². The molecule has 0 saturated carbocycles. The van der Waals surface area contributed by atoms with Crippen LogP contribution < -0.4 is 0 Å². The van der Waals surface area contributed by atoms with Crippen LogP contribution in [0.5, 0.6) is 0 Å². The molecule has 0 saturated heterocycles. The fourth-order valence-corrected chi connectivity index (χ4v) is 3.09. The molecule has 0 bridgehead atoms. The zero-order valence-corrected chi connectivity index (χ0v) is 15.4. The van der Waals surface area contributed by atoms with Crippen LogP contribution in [0.15, 0.2) is 24.3 Å². The zero-order valence-electron chi connectivity index (χ0n) is 15.4. The molecule has 1 N–H and O–H groups in total. The quantitative estimate of drug-likeness (QED) is 0.494. The Morgan fingerprint density at radius 1 is 1.00 bits per heavy atom. The number of carbonyl (C=O) groups is 2. The van der Waals surface area contributed by atoms with Gasteiger partial charge in [0.2, 0.25) is 0 Å². The van der Waals surface area contributed by atoms with Gasteiger partial charge in [-0.15, -0.1) is 0 Å². The van der Waals surface area contributed by atoms with Crippen LogP contribution in [0, 0.1) is 5.92 Å². The second-order valence-corrected chi connectivity index (χ2v) is 7.10. The third-order valence-electron chi connectivity index (χ3n) is 4.87. The average molecular weight is 346 g/mol. The molecule has 5 nitrogen and oxygen atoms in total. The molecule has 0 fully saturated rings. The van der Waals surface area contributed by atoms with E-state index in [1.54, 1.807) is 24.3 Å². The molecule has 2 rings (SSSR count). The second-order valence-electron chi connectivity index (χ2n) is 7.10. The minimum absolute atomic E-state index is 0.154. The minimum atomic E-state index is -0.154. The summed E-state index contributed by atoms with van der Waals surface area (Å²) >= 11 is 0. The maximum absolute atomic E-state index is 12.2. The molecule has 138 valence electrons. The molecule has 1 aromatic rings. The number of aliphatic hydroxyl groups is 1. The third kappa shape index (κ3) is 5.38. The van der Waals surface area contributed by atoms with Crippen LogP contribution in [0.1, 0.15) is 59.7 Å². The van der Waals surface area contributed by atoms with Gasteiger partial charge < -0.3 is 10.0 Å². The third-order valence-corrected chi connectivity index (χ3v) is 4.87. The van der Waals surface area contributed by atoms with Crippen molar-refractivity contribution in [3.8, 4) is 0 Å². The largest absolute Gasteiger partial charge is 0.396 e. The highest BCUT2D eigenvalue weighted by molar-refractivity contribution is 6.21. The van der Waals surface area contributed by atoms with Crippen LogP contribution in [-0.4, -0.2) is 60.0 Å². The lowest BCUT2D eigenvalue weighted by Gasteiger charge is -2.18. The molecule has 1 atom stereocenters. The number of carbonyl (C=O) groups excluding carboxylic acids is 2. The number of rotatable bonds is 11. The van der Waals surface area contributed by atoms with Gasteiger partial charge in [-0.3, -0.25) is 14.5 Å². The van der Waals surface area contributed by atoms with Crippen molar-refractivity contribution in [2.24, 2.45) is 5.92 Å². The monoisotopic (exact) mass is 346 g/mol. The Morgan fingerprint density at radius 2 is 1.60 bits per heavy atom. The fraction of sp³-hybridized carbons (Fsp3) is 0.600. The van der Waals surface area contributed by atoms with E-state index in [1.165, 1.54) is 4.90 Å². The summed E-state index contributed by atoms with van der Waals surface area (Å²) in [4.78, 5) is 28.2. The van der Waals surface area contributed by atoms with Gasteiger partial charge in [-0.2, -0.15) is 0 Å². The van der Waals surface area contributed by atoms with Gasteiger partial charge in [0.05, 0.1) is 11.1 Å². The summed E-state index contributed by atoms with van der Waals surface area (Å²) in [5.74, 6) is 0.0544. The predicted molar refractivity (Wildman–Crippen MR) is 98.6 cm³/mol. The fourth-order valence-electron chi connectivity index (χ4n) is 3.09. The zero-order chi connectivity index (χ0) is 18.2. The molecule has 0 unspecified atom stereocenters. The first-order chi connectivity index (χ1) is 12.0.